The molecule has 19 heavy (non-hydrogen) atoms. The van der Waals surface area contributed by atoms with Crippen molar-refractivity contribution in [2.24, 2.45) is 0 Å². The quantitative estimate of drug-likeness (QED) is 0.740. The van der Waals surface area contributed by atoms with Gasteiger partial charge in [-0.1, -0.05) is 18.2 Å². The summed E-state index contributed by atoms with van der Waals surface area (Å²) in [6.45, 7) is 0. The van der Waals surface area contributed by atoms with Crippen LogP contribution >= 0.6 is 0 Å². The fraction of sp³-hybridized carbons (Fsp3) is 0. The summed E-state index contributed by atoms with van der Waals surface area (Å²) in [4.78, 5) is 17.5. The molecular formula is C14H9FN2O2. The fourth-order valence-corrected chi connectivity index (χ4v) is 1.93. The number of nitrogens with zero attached hydrogens (tertiary/aromatic N) is 1. The molecule has 2 N–H and O–H groups in total. The molecular weight excluding hydrogens is 247 g/mol. The Bertz CT molecular complexity index is 763. The van der Waals surface area contributed by atoms with E-state index in [4.69, 9.17) is 5.11 Å². The number of aromatic carboxylic acids is 1. The highest BCUT2D eigenvalue weighted by Gasteiger charge is 2.10. The Kier molecular flexibility index (Phi) is 2.52. The van der Waals surface area contributed by atoms with E-state index in [2.05, 4.69) is 9.97 Å². The van der Waals surface area contributed by atoms with Crippen LogP contribution in [0.1, 0.15) is 10.6 Å². The SMILES string of the molecule is O=C(O)c1nc2cc(-c3ccc(F)cc3)ccc2[nH]1. The largest absolute Gasteiger partial charge is 0.475 e. The number of hydrogen-bond donors (Lipinski definition) is 2. The third-order valence-corrected chi connectivity index (χ3v) is 2.86. The number of aromatic amines is 1. The molecule has 0 atom stereocenters. The molecule has 0 bridgehead atoms. The first kappa shape index (κ1) is 11.4. The molecule has 0 aliphatic carbocycles. The number of aromatic nitrogens is 2. The average Bonchev–Trinajstić information content (AvgIpc) is 2.82. The maximum Gasteiger partial charge on any atom is 0.371 e. The van der Waals surface area contributed by atoms with E-state index in [1.807, 2.05) is 6.07 Å². The predicted octanol–water partition coefficient (Wildman–Crippen LogP) is 3.07. The van der Waals surface area contributed by atoms with E-state index in [9.17, 15) is 9.18 Å². The van der Waals surface area contributed by atoms with Crippen LogP contribution in [0, 0.1) is 5.82 Å². The number of carbonyl (C=O) groups is 1. The number of H-pyrrole nitrogens is 1. The van der Waals surface area contributed by atoms with Crippen LogP contribution in [0.2, 0.25) is 0 Å². The van der Waals surface area contributed by atoms with E-state index in [0.717, 1.165) is 11.1 Å². The molecule has 2 aromatic carbocycles. The van der Waals surface area contributed by atoms with Crippen molar-refractivity contribution >= 4 is 17.0 Å². The Morgan fingerprint density at radius 1 is 1.11 bits per heavy atom. The summed E-state index contributed by atoms with van der Waals surface area (Å²) in [5.41, 5.74) is 2.93. The molecule has 1 heterocycles. The molecule has 3 rings (SSSR count). The third-order valence-electron chi connectivity index (χ3n) is 2.86. The molecule has 94 valence electrons. The number of nitrogens with one attached hydrogen (secondary N) is 1. The molecule has 0 spiro atoms. The second-order valence-corrected chi connectivity index (χ2v) is 4.13. The molecule has 0 aliphatic rings. The number of fused-ring (bicyclic) bond motifs is 1. The van der Waals surface area contributed by atoms with E-state index in [0.29, 0.717) is 11.0 Å². The zero-order valence-corrected chi connectivity index (χ0v) is 9.72. The van der Waals surface area contributed by atoms with Crippen LogP contribution in [0.15, 0.2) is 42.5 Å². The van der Waals surface area contributed by atoms with Crippen molar-refractivity contribution in [3.8, 4) is 11.1 Å². The summed E-state index contributed by atoms with van der Waals surface area (Å²) < 4.78 is 12.9. The van der Waals surface area contributed by atoms with Crippen LogP contribution in [-0.4, -0.2) is 21.0 Å². The number of rotatable bonds is 2. The number of imidazole rings is 1. The van der Waals surface area contributed by atoms with E-state index >= 15 is 0 Å². The summed E-state index contributed by atoms with van der Waals surface area (Å²) >= 11 is 0. The first-order valence-corrected chi connectivity index (χ1v) is 5.62. The maximum atomic E-state index is 12.9. The van der Waals surface area contributed by atoms with Crippen LogP contribution in [0.5, 0.6) is 0 Å². The van der Waals surface area contributed by atoms with Crippen molar-refractivity contribution in [1.82, 2.24) is 9.97 Å². The van der Waals surface area contributed by atoms with Gasteiger partial charge in [-0.05, 0) is 35.4 Å². The normalized spacial score (nSPS) is 10.8. The van der Waals surface area contributed by atoms with Crippen molar-refractivity contribution in [2.75, 3.05) is 0 Å². The molecule has 0 aliphatic heterocycles. The van der Waals surface area contributed by atoms with E-state index in [1.165, 1.54) is 12.1 Å². The Morgan fingerprint density at radius 3 is 2.47 bits per heavy atom. The zero-order chi connectivity index (χ0) is 13.4. The standard InChI is InChI=1S/C14H9FN2O2/c15-10-4-1-8(2-5-10)9-3-6-11-12(7-9)17-13(16-11)14(18)19/h1-7H,(H,16,17)(H,18,19). The van der Waals surface area contributed by atoms with E-state index in [1.54, 1.807) is 24.3 Å². The van der Waals surface area contributed by atoms with Crippen molar-refractivity contribution in [1.29, 1.82) is 0 Å². The summed E-state index contributed by atoms with van der Waals surface area (Å²) in [5, 5.41) is 8.87. The van der Waals surface area contributed by atoms with Gasteiger partial charge in [0.15, 0.2) is 0 Å². The first-order valence-electron chi connectivity index (χ1n) is 5.62. The zero-order valence-electron chi connectivity index (χ0n) is 9.72. The Hall–Kier alpha value is -2.69. The van der Waals surface area contributed by atoms with Gasteiger partial charge in [0.1, 0.15) is 5.82 Å². The lowest BCUT2D eigenvalue weighted by molar-refractivity contribution is 0.0685. The monoisotopic (exact) mass is 256 g/mol. The topological polar surface area (TPSA) is 66.0 Å². The van der Waals surface area contributed by atoms with Gasteiger partial charge in [0.05, 0.1) is 11.0 Å². The molecule has 0 saturated heterocycles. The van der Waals surface area contributed by atoms with Gasteiger partial charge >= 0.3 is 5.97 Å². The predicted molar refractivity (Wildman–Crippen MR) is 68.4 cm³/mol. The van der Waals surface area contributed by atoms with Gasteiger partial charge in [-0.2, -0.15) is 0 Å². The van der Waals surface area contributed by atoms with Crippen molar-refractivity contribution < 1.29 is 14.3 Å². The number of carboxylic acid groups (broad SMARTS) is 1. The van der Waals surface area contributed by atoms with E-state index in [-0.39, 0.29) is 11.6 Å². The summed E-state index contributed by atoms with van der Waals surface area (Å²) in [5.74, 6) is -1.48. The minimum Gasteiger partial charge on any atom is -0.475 e. The lowest BCUT2D eigenvalue weighted by Crippen LogP contribution is -1.97. The van der Waals surface area contributed by atoms with Gasteiger partial charge in [-0.15, -0.1) is 0 Å². The molecule has 5 heteroatoms. The van der Waals surface area contributed by atoms with Crippen molar-refractivity contribution in [3.05, 3.63) is 54.1 Å². The highest BCUT2D eigenvalue weighted by atomic mass is 19.1. The van der Waals surface area contributed by atoms with Crippen LogP contribution < -0.4 is 0 Å². The van der Waals surface area contributed by atoms with Crippen LogP contribution in [-0.2, 0) is 0 Å². The molecule has 0 amide bonds. The molecule has 0 radical (unpaired) electrons. The van der Waals surface area contributed by atoms with Gasteiger partial charge in [0.25, 0.3) is 0 Å². The lowest BCUT2D eigenvalue weighted by Gasteiger charge is -2.01. The second kappa shape index (κ2) is 4.20. The minimum absolute atomic E-state index is 0.0914. The summed E-state index contributed by atoms with van der Waals surface area (Å²) in [6, 6.07) is 11.5. The number of carboxylic acids is 1. The minimum atomic E-state index is -1.10. The smallest absolute Gasteiger partial charge is 0.371 e. The van der Waals surface area contributed by atoms with Crippen LogP contribution in [0.4, 0.5) is 4.39 Å². The van der Waals surface area contributed by atoms with Crippen molar-refractivity contribution in [2.45, 2.75) is 0 Å². The third kappa shape index (κ3) is 2.06. The molecule has 0 fully saturated rings. The Morgan fingerprint density at radius 2 is 1.79 bits per heavy atom. The van der Waals surface area contributed by atoms with Gasteiger partial charge < -0.3 is 10.1 Å². The summed E-state index contributed by atoms with van der Waals surface area (Å²) in [7, 11) is 0. The Balaban J connectivity index is 2.10. The van der Waals surface area contributed by atoms with E-state index < -0.39 is 5.97 Å². The molecule has 3 aromatic rings. The number of halogens is 1. The summed E-state index contributed by atoms with van der Waals surface area (Å²) in [6.07, 6.45) is 0. The van der Waals surface area contributed by atoms with Crippen molar-refractivity contribution in [3.63, 3.8) is 0 Å². The number of hydrogen-bond acceptors (Lipinski definition) is 2. The molecule has 4 nitrogen and oxygen atoms in total. The second-order valence-electron chi connectivity index (χ2n) is 4.13. The highest BCUT2D eigenvalue weighted by Crippen LogP contribution is 2.23. The maximum absolute atomic E-state index is 12.9. The average molecular weight is 256 g/mol. The lowest BCUT2D eigenvalue weighted by atomic mass is 10.1. The van der Waals surface area contributed by atoms with Crippen LogP contribution in [0.25, 0.3) is 22.2 Å². The Labute approximate surface area is 107 Å². The van der Waals surface area contributed by atoms with Gasteiger partial charge in [0.2, 0.25) is 5.82 Å². The van der Waals surface area contributed by atoms with Gasteiger partial charge in [-0.3, -0.25) is 0 Å². The fourth-order valence-electron chi connectivity index (χ4n) is 1.93. The molecule has 0 unspecified atom stereocenters. The first-order chi connectivity index (χ1) is 9.13. The van der Waals surface area contributed by atoms with Crippen LogP contribution in [0.3, 0.4) is 0 Å². The molecule has 0 saturated carbocycles. The number of benzene rings is 2. The van der Waals surface area contributed by atoms with Gasteiger partial charge in [0, 0.05) is 0 Å². The molecule has 1 aromatic heterocycles. The van der Waals surface area contributed by atoms with Gasteiger partial charge in [-0.25, -0.2) is 14.2 Å². The highest BCUT2D eigenvalue weighted by molar-refractivity contribution is 5.90.